The van der Waals surface area contributed by atoms with Gasteiger partial charge in [-0.25, -0.2) is 4.39 Å². The third kappa shape index (κ3) is 3.63. The van der Waals surface area contributed by atoms with E-state index in [1.54, 1.807) is 0 Å². The molecule has 1 aromatic rings. The number of nitrogens with one attached hydrogen (secondary N) is 3. The van der Waals surface area contributed by atoms with Crippen LogP contribution in [0.5, 0.6) is 5.75 Å². The molecule has 108 valence electrons. The van der Waals surface area contributed by atoms with Crippen molar-refractivity contribution >= 4 is 18.3 Å². The minimum atomic E-state index is -0.506. The van der Waals surface area contributed by atoms with Crippen molar-refractivity contribution in [3.8, 4) is 5.75 Å². The van der Waals surface area contributed by atoms with Gasteiger partial charge in [-0.15, -0.1) is 0 Å². The highest BCUT2D eigenvalue weighted by molar-refractivity contribution is 5.94. The summed E-state index contributed by atoms with van der Waals surface area (Å²) in [6.07, 6.45) is 3.04. The molecule has 1 aromatic carbocycles. The van der Waals surface area contributed by atoms with Crippen molar-refractivity contribution in [1.82, 2.24) is 5.32 Å². The molecule has 20 heavy (non-hydrogen) atoms. The van der Waals surface area contributed by atoms with Crippen LogP contribution in [0, 0.1) is 22.6 Å². The summed E-state index contributed by atoms with van der Waals surface area (Å²) in [6, 6.07) is 2.82. The number of amides is 1. The fourth-order valence-corrected chi connectivity index (χ4v) is 1.80. The van der Waals surface area contributed by atoms with Crippen LogP contribution in [-0.2, 0) is 6.42 Å². The Morgan fingerprint density at radius 2 is 2.10 bits per heavy atom. The van der Waals surface area contributed by atoms with E-state index in [1.165, 1.54) is 26.3 Å². The van der Waals surface area contributed by atoms with Gasteiger partial charge in [0.25, 0.3) is 5.91 Å². The second kappa shape index (κ2) is 7.37. The highest BCUT2D eigenvalue weighted by atomic mass is 19.1. The SMILES string of the molecule is CNC(=O)c1cc(CCC(C=N)C=N)c(F)c(OC)c1. The van der Waals surface area contributed by atoms with E-state index in [-0.39, 0.29) is 17.6 Å². The number of hydrogen-bond acceptors (Lipinski definition) is 4. The maximum absolute atomic E-state index is 14.1. The number of carbonyl (C=O) groups excluding carboxylic acids is 1. The summed E-state index contributed by atoms with van der Waals surface area (Å²) >= 11 is 0. The Labute approximate surface area is 117 Å². The normalized spacial score (nSPS) is 11.6. The van der Waals surface area contributed by atoms with Gasteiger partial charge >= 0.3 is 0 Å². The maximum Gasteiger partial charge on any atom is 0.251 e. The molecule has 0 aliphatic carbocycles. The smallest absolute Gasteiger partial charge is 0.251 e. The van der Waals surface area contributed by atoms with E-state index in [0.29, 0.717) is 24.0 Å². The van der Waals surface area contributed by atoms with Gasteiger partial charge in [0.2, 0.25) is 0 Å². The molecular weight excluding hydrogens is 261 g/mol. The first-order chi connectivity index (χ1) is 9.57. The van der Waals surface area contributed by atoms with E-state index in [4.69, 9.17) is 15.6 Å². The van der Waals surface area contributed by atoms with Crippen LogP contribution >= 0.6 is 0 Å². The standard InChI is InChI=1S/C14H18FN3O2/c1-18-14(19)11-5-10(4-3-9(7-16)8-17)13(15)12(6-11)20-2/h5-9,16-17H,3-4H2,1-2H3,(H,18,19). The topological polar surface area (TPSA) is 86.0 Å². The first-order valence-electron chi connectivity index (χ1n) is 6.17. The van der Waals surface area contributed by atoms with Gasteiger partial charge in [-0.05, 0) is 30.5 Å². The van der Waals surface area contributed by atoms with Crippen molar-refractivity contribution in [3.05, 3.63) is 29.1 Å². The van der Waals surface area contributed by atoms with Gasteiger partial charge in [0.15, 0.2) is 11.6 Å². The number of halogens is 1. The lowest BCUT2D eigenvalue weighted by molar-refractivity contribution is 0.0962. The minimum absolute atomic E-state index is 0.0161. The fraction of sp³-hybridized carbons (Fsp3) is 0.357. The Bertz CT molecular complexity index is 509. The molecule has 1 rings (SSSR count). The van der Waals surface area contributed by atoms with Crippen molar-refractivity contribution in [2.45, 2.75) is 12.8 Å². The molecule has 3 N–H and O–H groups in total. The van der Waals surface area contributed by atoms with Crippen LogP contribution in [-0.4, -0.2) is 32.5 Å². The molecule has 0 fully saturated rings. The second-order valence-corrected chi connectivity index (χ2v) is 4.27. The summed E-state index contributed by atoms with van der Waals surface area (Å²) in [4.78, 5) is 11.6. The van der Waals surface area contributed by atoms with Gasteiger partial charge in [0.05, 0.1) is 7.11 Å². The van der Waals surface area contributed by atoms with E-state index in [0.717, 1.165) is 12.4 Å². The van der Waals surface area contributed by atoms with Gasteiger partial charge < -0.3 is 20.9 Å². The molecule has 0 heterocycles. The van der Waals surface area contributed by atoms with Crippen LogP contribution in [0.1, 0.15) is 22.3 Å². The molecular formula is C14H18FN3O2. The van der Waals surface area contributed by atoms with Crippen LogP contribution < -0.4 is 10.1 Å². The first-order valence-corrected chi connectivity index (χ1v) is 6.17. The molecule has 0 saturated heterocycles. The molecule has 0 saturated carbocycles. The highest BCUT2D eigenvalue weighted by Crippen LogP contribution is 2.24. The van der Waals surface area contributed by atoms with Crippen LogP contribution in [0.4, 0.5) is 4.39 Å². The second-order valence-electron chi connectivity index (χ2n) is 4.27. The van der Waals surface area contributed by atoms with E-state index >= 15 is 0 Å². The van der Waals surface area contributed by atoms with E-state index in [2.05, 4.69) is 5.32 Å². The van der Waals surface area contributed by atoms with Crippen LogP contribution in [0.3, 0.4) is 0 Å². The Hall–Kier alpha value is -2.24. The molecule has 0 spiro atoms. The molecule has 0 unspecified atom stereocenters. The highest BCUT2D eigenvalue weighted by Gasteiger charge is 2.15. The van der Waals surface area contributed by atoms with Gasteiger partial charge in [-0.2, -0.15) is 0 Å². The van der Waals surface area contributed by atoms with Gasteiger partial charge in [0, 0.05) is 31.0 Å². The van der Waals surface area contributed by atoms with Crippen molar-refractivity contribution in [3.63, 3.8) is 0 Å². The number of methoxy groups -OCH3 is 1. The zero-order chi connectivity index (χ0) is 15.1. The molecule has 1 amide bonds. The largest absolute Gasteiger partial charge is 0.494 e. The zero-order valence-electron chi connectivity index (χ0n) is 11.5. The average Bonchev–Trinajstić information content (AvgIpc) is 2.48. The quantitative estimate of drug-likeness (QED) is 0.667. The Morgan fingerprint density at radius 1 is 1.45 bits per heavy atom. The fourth-order valence-electron chi connectivity index (χ4n) is 1.80. The van der Waals surface area contributed by atoms with Gasteiger partial charge in [0.1, 0.15) is 0 Å². The van der Waals surface area contributed by atoms with Gasteiger partial charge in [-0.1, -0.05) is 0 Å². The number of rotatable bonds is 7. The summed E-state index contributed by atoms with van der Waals surface area (Å²) in [5.41, 5.74) is 0.665. The number of aryl methyl sites for hydroxylation is 1. The average molecular weight is 279 g/mol. The lowest BCUT2D eigenvalue weighted by Crippen LogP contribution is -2.18. The third-order valence-corrected chi connectivity index (χ3v) is 3.00. The molecule has 0 aliphatic rings. The van der Waals surface area contributed by atoms with Gasteiger partial charge in [-0.3, -0.25) is 4.79 Å². The van der Waals surface area contributed by atoms with E-state index < -0.39 is 5.82 Å². The van der Waals surface area contributed by atoms with E-state index in [9.17, 15) is 9.18 Å². The zero-order valence-corrected chi connectivity index (χ0v) is 11.5. The predicted molar refractivity (Wildman–Crippen MR) is 75.7 cm³/mol. The Balaban J connectivity index is 3.07. The molecule has 6 heteroatoms. The van der Waals surface area contributed by atoms with Crippen LogP contribution in [0.15, 0.2) is 12.1 Å². The summed E-state index contributed by atoms with van der Waals surface area (Å²) in [5, 5.41) is 16.8. The Kier molecular flexibility index (Phi) is 5.83. The summed E-state index contributed by atoms with van der Waals surface area (Å²) in [6.45, 7) is 0. The number of hydrogen-bond donors (Lipinski definition) is 3. The molecule has 5 nitrogen and oxygen atoms in total. The molecule has 0 aliphatic heterocycles. The van der Waals surface area contributed by atoms with Crippen molar-refractivity contribution in [2.24, 2.45) is 5.92 Å². The Morgan fingerprint density at radius 3 is 2.60 bits per heavy atom. The maximum atomic E-state index is 14.1. The predicted octanol–water partition coefficient (Wildman–Crippen LogP) is 2.04. The number of benzene rings is 1. The lowest BCUT2D eigenvalue weighted by atomic mass is 9.99. The van der Waals surface area contributed by atoms with Crippen molar-refractivity contribution in [1.29, 1.82) is 10.8 Å². The minimum Gasteiger partial charge on any atom is -0.494 e. The van der Waals surface area contributed by atoms with Crippen molar-refractivity contribution in [2.75, 3.05) is 14.2 Å². The molecule has 0 radical (unpaired) electrons. The van der Waals surface area contributed by atoms with Crippen LogP contribution in [0.2, 0.25) is 0 Å². The summed E-state index contributed by atoms with van der Waals surface area (Å²) in [5.74, 6) is -1.14. The molecule has 0 aromatic heterocycles. The summed E-state index contributed by atoms with van der Waals surface area (Å²) < 4.78 is 19.0. The first kappa shape index (κ1) is 15.8. The molecule has 0 atom stereocenters. The van der Waals surface area contributed by atoms with Crippen molar-refractivity contribution < 1.29 is 13.9 Å². The monoisotopic (exact) mass is 279 g/mol. The number of ether oxygens (including phenoxy) is 1. The third-order valence-electron chi connectivity index (χ3n) is 3.00. The lowest BCUT2D eigenvalue weighted by Gasteiger charge is -2.11. The van der Waals surface area contributed by atoms with E-state index in [1.807, 2.05) is 0 Å². The van der Waals surface area contributed by atoms with Crippen LogP contribution in [0.25, 0.3) is 0 Å². The molecule has 0 bridgehead atoms. The number of carbonyl (C=O) groups is 1. The summed E-state index contributed by atoms with van der Waals surface area (Å²) in [7, 11) is 2.84.